The minimum absolute atomic E-state index is 0.0309. The standard InChI is InChI=1S/C14H18BrNO2/c1-9-5-6-16(13(9)8-17)14(18)12-4-3-11(15)7-10(12)2/h3-4,7,9,13,17H,5-6,8H2,1-2H3. The monoisotopic (exact) mass is 311 g/mol. The molecule has 1 aliphatic rings. The van der Waals surface area contributed by atoms with Gasteiger partial charge in [-0.25, -0.2) is 0 Å². The van der Waals surface area contributed by atoms with Crippen LogP contribution in [-0.4, -0.2) is 35.1 Å². The average molecular weight is 312 g/mol. The van der Waals surface area contributed by atoms with Crippen LogP contribution in [0.2, 0.25) is 0 Å². The number of aliphatic hydroxyl groups is 1. The first-order valence-corrected chi connectivity index (χ1v) is 7.02. The highest BCUT2D eigenvalue weighted by atomic mass is 79.9. The molecule has 1 N–H and O–H groups in total. The molecule has 0 spiro atoms. The predicted molar refractivity (Wildman–Crippen MR) is 74.6 cm³/mol. The van der Waals surface area contributed by atoms with Crippen LogP contribution in [0.1, 0.15) is 29.3 Å². The lowest BCUT2D eigenvalue weighted by atomic mass is 10.0. The summed E-state index contributed by atoms with van der Waals surface area (Å²) in [5.41, 5.74) is 1.69. The van der Waals surface area contributed by atoms with E-state index in [-0.39, 0.29) is 18.6 Å². The number of carbonyl (C=O) groups is 1. The first-order chi connectivity index (χ1) is 8.54. The minimum Gasteiger partial charge on any atom is -0.394 e. The Morgan fingerprint density at radius 2 is 2.28 bits per heavy atom. The predicted octanol–water partition coefficient (Wildman–Crippen LogP) is 2.60. The van der Waals surface area contributed by atoms with E-state index in [9.17, 15) is 9.90 Å². The molecule has 4 heteroatoms. The molecule has 0 saturated carbocycles. The number of aliphatic hydroxyl groups excluding tert-OH is 1. The lowest BCUT2D eigenvalue weighted by molar-refractivity contribution is 0.0647. The summed E-state index contributed by atoms with van der Waals surface area (Å²) in [4.78, 5) is 14.3. The normalized spacial score (nSPS) is 23.4. The zero-order valence-corrected chi connectivity index (χ0v) is 12.3. The fourth-order valence-corrected chi connectivity index (χ4v) is 3.04. The van der Waals surface area contributed by atoms with Crippen LogP contribution in [-0.2, 0) is 0 Å². The van der Waals surface area contributed by atoms with Gasteiger partial charge in [-0.05, 0) is 43.0 Å². The Kier molecular flexibility index (Phi) is 4.07. The molecule has 98 valence electrons. The fourth-order valence-electron chi connectivity index (χ4n) is 2.56. The summed E-state index contributed by atoms with van der Waals surface area (Å²) in [5, 5.41) is 9.41. The van der Waals surface area contributed by atoms with Gasteiger partial charge in [-0.2, -0.15) is 0 Å². The van der Waals surface area contributed by atoms with Crippen LogP contribution in [0.25, 0.3) is 0 Å². The number of likely N-dealkylation sites (tertiary alicyclic amines) is 1. The van der Waals surface area contributed by atoms with Crippen molar-refractivity contribution < 1.29 is 9.90 Å². The molecule has 0 aliphatic carbocycles. The first-order valence-electron chi connectivity index (χ1n) is 6.22. The summed E-state index contributed by atoms with van der Waals surface area (Å²) in [6.45, 7) is 4.80. The Balaban J connectivity index is 2.26. The van der Waals surface area contributed by atoms with Gasteiger partial charge < -0.3 is 10.0 Å². The molecule has 1 aromatic rings. The molecule has 1 amide bonds. The Bertz CT molecular complexity index is 461. The third kappa shape index (κ3) is 2.45. The number of benzene rings is 1. The minimum atomic E-state index is -0.0412. The van der Waals surface area contributed by atoms with Crippen LogP contribution >= 0.6 is 15.9 Å². The number of amides is 1. The molecule has 2 rings (SSSR count). The molecular formula is C14H18BrNO2. The van der Waals surface area contributed by atoms with E-state index in [4.69, 9.17) is 0 Å². The smallest absolute Gasteiger partial charge is 0.254 e. The Labute approximate surface area is 116 Å². The van der Waals surface area contributed by atoms with Crippen molar-refractivity contribution in [1.82, 2.24) is 4.90 Å². The summed E-state index contributed by atoms with van der Waals surface area (Å²) in [5.74, 6) is 0.401. The quantitative estimate of drug-likeness (QED) is 0.912. The molecule has 2 atom stereocenters. The van der Waals surface area contributed by atoms with Gasteiger partial charge in [0.2, 0.25) is 0 Å². The molecule has 1 aromatic carbocycles. The Morgan fingerprint density at radius 1 is 1.56 bits per heavy atom. The van der Waals surface area contributed by atoms with E-state index in [1.165, 1.54) is 0 Å². The topological polar surface area (TPSA) is 40.5 Å². The van der Waals surface area contributed by atoms with E-state index in [0.29, 0.717) is 5.92 Å². The second-order valence-electron chi connectivity index (χ2n) is 4.97. The SMILES string of the molecule is Cc1cc(Br)ccc1C(=O)N1CCC(C)C1CO. The molecule has 3 nitrogen and oxygen atoms in total. The molecule has 0 aromatic heterocycles. The van der Waals surface area contributed by atoms with Crippen molar-refractivity contribution in [3.05, 3.63) is 33.8 Å². The van der Waals surface area contributed by atoms with E-state index in [0.717, 1.165) is 28.6 Å². The number of carbonyl (C=O) groups excluding carboxylic acids is 1. The molecule has 0 radical (unpaired) electrons. The van der Waals surface area contributed by atoms with Crippen molar-refractivity contribution in [2.24, 2.45) is 5.92 Å². The van der Waals surface area contributed by atoms with Crippen LogP contribution < -0.4 is 0 Å². The van der Waals surface area contributed by atoms with Crippen LogP contribution in [0, 0.1) is 12.8 Å². The fraction of sp³-hybridized carbons (Fsp3) is 0.500. The molecule has 0 bridgehead atoms. The van der Waals surface area contributed by atoms with Gasteiger partial charge in [0, 0.05) is 16.6 Å². The number of hydrogen-bond donors (Lipinski definition) is 1. The van der Waals surface area contributed by atoms with Gasteiger partial charge in [-0.3, -0.25) is 4.79 Å². The molecule has 1 fully saturated rings. The van der Waals surface area contributed by atoms with E-state index in [1.807, 2.05) is 25.1 Å². The number of halogens is 1. The van der Waals surface area contributed by atoms with E-state index >= 15 is 0 Å². The average Bonchev–Trinajstić information content (AvgIpc) is 2.69. The molecule has 1 saturated heterocycles. The van der Waals surface area contributed by atoms with Crippen LogP contribution in [0.5, 0.6) is 0 Å². The van der Waals surface area contributed by atoms with Crippen molar-refractivity contribution in [1.29, 1.82) is 0 Å². The number of nitrogens with zero attached hydrogens (tertiary/aromatic N) is 1. The Morgan fingerprint density at radius 3 is 2.89 bits per heavy atom. The highest BCUT2D eigenvalue weighted by molar-refractivity contribution is 9.10. The van der Waals surface area contributed by atoms with Crippen LogP contribution in [0.3, 0.4) is 0 Å². The van der Waals surface area contributed by atoms with Crippen molar-refractivity contribution in [3.63, 3.8) is 0 Å². The van der Waals surface area contributed by atoms with Crippen molar-refractivity contribution in [3.8, 4) is 0 Å². The lowest BCUT2D eigenvalue weighted by Crippen LogP contribution is -2.40. The third-order valence-corrected chi connectivity index (χ3v) is 4.24. The Hall–Kier alpha value is -0.870. The maximum atomic E-state index is 12.5. The van der Waals surface area contributed by atoms with Gasteiger partial charge in [0.15, 0.2) is 0 Å². The summed E-state index contributed by atoms with van der Waals surface area (Å²) in [6.07, 6.45) is 0.965. The largest absolute Gasteiger partial charge is 0.394 e. The van der Waals surface area contributed by atoms with Gasteiger partial charge in [0.05, 0.1) is 12.6 Å². The third-order valence-electron chi connectivity index (χ3n) is 3.75. The highest BCUT2D eigenvalue weighted by Crippen LogP contribution is 2.26. The molecule has 1 heterocycles. The van der Waals surface area contributed by atoms with Crippen molar-refractivity contribution >= 4 is 21.8 Å². The molecule has 18 heavy (non-hydrogen) atoms. The maximum absolute atomic E-state index is 12.5. The van der Waals surface area contributed by atoms with Gasteiger partial charge >= 0.3 is 0 Å². The summed E-state index contributed by atoms with van der Waals surface area (Å²) < 4.78 is 0.977. The second-order valence-corrected chi connectivity index (χ2v) is 5.89. The summed E-state index contributed by atoms with van der Waals surface area (Å²) >= 11 is 3.40. The number of rotatable bonds is 2. The molecule has 2 unspecified atom stereocenters. The van der Waals surface area contributed by atoms with E-state index < -0.39 is 0 Å². The summed E-state index contributed by atoms with van der Waals surface area (Å²) in [6, 6.07) is 5.63. The zero-order chi connectivity index (χ0) is 13.3. The van der Waals surface area contributed by atoms with Crippen molar-refractivity contribution in [2.45, 2.75) is 26.3 Å². The zero-order valence-electron chi connectivity index (χ0n) is 10.7. The second kappa shape index (κ2) is 5.41. The van der Waals surface area contributed by atoms with Crippen LogP contribution in [0.15, 0.2) is 22.7 Å². The highest BCUT2D eigenvalue weighted by Gasteiger charge is 2.34. The lowest BCUT2D eigenvalue weighted by Gasteiger charge is -2.26. The van der Waals surface area contributed by atoms with Crippen LogP contribution in [0.4, 0.5) is 0 Å². The van der Waals surface area contributed by atoms with Crippen molar-refractivity contribution in [2.75, 3.05) is 13.2 Å². The maximum Gasteiger partial charge on any atom is 0.254 e. The van der Waals surface area contributed by atoms with Gasteiger partial charge in [-0.15, -0.1) is 0 Å². The van der Waals surface area contributed by atoms with Gasteiger partial charge in [0.1, 0.15) is 0 Å². The number of hydrogen-bond acceptors (Lipinski definition) is 2. The van der Waals surface area contributed by atoms with E-state index in [2.05, 4.69) is 22.9 Å². The molecule has 1 aliphatic heterocycles. The van der Waals surface area contributed by atoms with E-state index in [1.54, 1.807) is 4.90 Å². The van der Waals surface area contributed by atoms with Gasteiger partial charge in [0.25, 0.3) is 5.91 Å². The first kappa shape index (κ1) is 13.6. The molecular weight excluding hydrogens is 294 g/mol. The number of aryl methyl sites for hydroxylation is 1. The summed E-state index contributed by atoms with van der Waals surface area (Å²) in [7, 11) is 0. The van der Waals surface area contributed by atoms with Gasteiger partial charge in [-0.1, -0.05) is 22.9 Å².